The summed E-state index contributed by atoms with van der Waals surface area (Å²) in [6.07, 6.45) is 2.19. The molecule has 118 valence electrons. The van der Waals surface area contributed by atoms with E-state index in [1.807, 2.05) is 13.8 Å². The number of rotatable bonds is 9. The van der Waals surface area contributed by atoms with Crippen LogP contribution >= 0.6 is 0 Å². The third-order valence-corrected chi connectivity index (χ3v) is 3.46. The summed E-state index contributed by atoms with van der Waals surface area (Å²) >= 11 is 0. The molecule has 2 amide bonds. The smallest absolute Gasteiger partial charge is 0.317 e. The molecule has 0 heterocycles. The highest BCUT2D eigenvalue weighted by Crippen LogP contribution is 2.10. The van der Waals surface area contributed by atoms with Crippen molar-refractivity contribution in [3.05, 3.63) is 0 Å². The van der Waals surface area contributed by atoms with E-state index in [9.17, 15) is 9.59 Å². The summed E-state index contributed by atoms with van der Waals surface area (Å²) in [7, 11) is 3.34. The third kappa shape index (κ3) is 7.33. The molecular weight excluding hydrogens is 260 g/mol. The van der Waals surface area contributed by atoms with Crippen molar-refractivity contribution in [2.45, 2.75) is 52.1 Å². The number of urea groups is 1. The summed E-state index contributed by atoms with van der Waals surface area (Å²) < 4.78 is 5.02. The quantitative estimate of drug-likeness (QED) is 0.679. The fourth-order valence-corrected chi connectivity index (χ4v) is 1.79. The van der Waals surface area contributed by atoms with Gasteiger partial charge in [0.2, 0.25) is 0 Å². The SMILES string of the molecule is COCC(C)N(C)C(=O)NC(C)CCCC(C)C(=O)O. The Labute approximate surface area is 121 Å². The van der Waals surface area contributed by atoms with Crippen molar-refractivity contribution in [1.29, 1.82) is 0 Å². The number of hydrogen-bond acceptors (Lipinski definition) is 3. The van der Waals surface area contributed by atoms with Gasteiger partial charge in [-0.1, -0.05) is 13.3 Å². The largest absolute Gasteiger partial charge is 0.481 e. The summed E-state index contributed by atoms with van der Waals surface area (Å²) in [6.45, 7) is 6.04. The maximum absolute atomic E-state index is 11.9. The van der Waals surface area contributed by atoms with Gasteiger partial charge in [0.1, 0.15) is 0 Å². The number of aliphatic carboxylic acids is 1. The zero-order valence-electron chi connectivity index (χ0n) is 13.2. The Bertz CT molecular complexity index is 310. The average molecular weight is 288 g/mol. The van der Waals surface area contributed by atoms with Crippen molar-refractivity contribution < 1.29 is 19.4 Å². The number of likely N-dealkylation sites (N-methyl/N-ethyl adjacent to an activating group) is 1. The van der Waals surface area contributed by atoms with Gasteiger partial charge >= 0.3 is 12.0 Å². The molecule has 6 heteroatoms. The molecule has 0 aromatic heterocycles. The number of nitrogens with one attached hydrogen (secondary N) is 1. The van der Waals surface area contributed by atoms with Crippen LogP contribution in [-0.4, -0.2) is 54.9 Å². The Morgan fingerprint density at radius 3 is 2.35 bits per heavy atom. The van der Waals surface area contributed by atoms with Crippen molar-refractivity contribution >= 4 is 12.0 Å². The second kappa shape index (κ2) is 9.58. The first kappa shape index (κ1) is 18.7. The number of carbonyl (C=O) groups is 2. The molecule has 0 aliphatic heterocycles. The Balaban J connectivity index is 3.98. The van der Waals surface area contributed by atoms with Gasteiger partial charge in [-0.15, -0.1) is 0 Å². The van der Waals surface area contributed by atoms with E-state index in [-0.39, 0.29) is 24.0 Å². The van der Waals surface area contributed by atoms with E-state index < -0.39 is 5.97 Å². The number of carboxylic acid groups (broad SMARTS) is 1. The van der Waals surface area contributed by atoms with Crippen LogP contribution in [0.25, 0.3) is 0 Å². The minimum atomic E-state index is -0.769. The van der Waals surface area contributed by atoms with Gasteiger partial charge in [-0.25, -0.2) is 4.79 Å². The Morgan fingerprint density at radius 2 is 1.85 bits per heavy atom. The minimum absolute atomic E-state index is 0.0132. The van der Waals surface area contributed by atoms with Crippen LogP contribution in [0, 0.1) is 5.92 Å². The third-order valence-electron chi connectivity index (χ3n) is 3.46. The van der Waals surface area contributed by atoms with Gasteiger partial charge in [0.25, 0.3) is 0 Å². The van der Waals surface area contributed by atoms with Crippen LogP contribution in [0.4, 0.5) is 4.79 Å². The number of carboxylic acids is 1. The molecule has 0 aromatic rings. The predicted octanol–water partition coefficient (Wildman–Crippen LogP) is 1.94. The molecular formula is C14H28N2O4. The molecule has 3 atom stereocenters. The molecule has 0 aliphatic carbocycles. The lowest BCUT2D eigenvalue weighted by Crippen LogP contribution is -2.47. The highest BCUT2D eigenvalue weighted by Gasteiger charge is 2.17. The molecule has 6 nitrogen and oxygen atoms in total. The van der Waals surface area contributed by atoms with Gasteiger partial charge in [-0.05, 0) is 26.7 Å². The molecule has 3 unspecified atom stereocenters. The van der Waals surface area contributed by atoms with Gasteiger partial charge in [-0.3, -0.25) is 4.79 Å². The number of methoxy groups -OCH3 is 1. The first-order valence-corrected chi connectivity index (χ1v) is 7.04. The predicted molar refractivity (Wildman–Crippen MR) is 77.7 cm³/mol. The maximum atomic E-state index is 11.9. The van der Waals surface area contributed by atoms with Crippen molar-refractivity contribution in [1.82, 2.24) is 10.2 Å². The molecule has 0 rings (SSSR count). The Morgan fingerprint density at radius 1 is 1.25 bits per heavy atom. The lowest BCUT2D eigenvalue weighted by Gasteiger charge is -2.26. The summed E-state index contributed by atoms with van der Waals surface area (Å²) in [4.78, 5) is 24.2. The molecule has 0 spiro atoms. The van der Waals surface area contributed by atoms with Gasteiger partial charge in [0.15, 0.2) is 0 Å². The highest BCUT2D eigenvalue weighted by molar-refractivity contribution is 5.74. The van der Waals surface area contributed by atoms with E-state index in [2.05, 4.69) is 5.32 Å². The van der Waals surface area contributed by atoms with E-state index in [0.29, 0.717) is 13.0 Å². The van der Waals surface area contributed by atoms with E-state index >= 15 is 0 Å². The summed E-state index contributed by atoms with van der Waals surface area (Å²) in [5.74, 6) is -1.10. The van der Waals surface area contributed by atoms with Gasteiger partial charge in [0, 0.05) is 20.2 Å². The normalized spacial score (nSPS) is 15.2. The second-order valence-electron chi connectivity index (χ2n) is 5.44. The van der Waals surface area contributed by atoms with E-state index in [0.717, 1.165) is 12.8 Å². The number of nitrogens with zero attached hydrogens (tertiary/aromatic N) is 1. The van der Waals surface area contributed by atoms with Crippen molar-refractivity contribution in [2.24, 2.45) is 5.92 Å². The van der Waals surface area contributed by atoms with Gasteiger partial charge < -0.3 is 20.1 Å². The van der Waals surface area contributed by atoms with E-state index in [4.69, 9.17) is 9.84 Å². The zero-order chi connectivity index (χ0) is 15.7. The van der Waals surface area contributed by atoms with Gasteiger partial charge in [-0.2, -0.15) is 0 Å². The molecule has 0 bridgehead atoms. The van der Waals surface area contributed by atoms with Crippen molar-refractivity contribution in [3.8, 4) is 0 Å². The van der Waals surface area contributed by atoms with Crippen LogP contribution < -0.4 is 5.32 Å². The standard InChI is InChI=1S/C14H28N2O4/c1-10(13(17)18)7-6-8-11(2)15-14(19)16(4)12(3)9-20-5/h10-12H,6-9H2,1-5H3,(H,15,19)(H,17,18). The number of ether oxygens (including phenoxy) is 1. The summed E-state index contributed by atoms with van der Waals surface area (Å²) in [5.41, 5.74) is 0. The topological polar surface area (TPSA) is 78.9 Å². The fraction of sp³-hybridized carbons (Fsp3) is 0.857. The first-order chi connectivity index (χ1) is 9.29. The van der Waals surface area contributed by atoms with Crippen molar-refractivity contribution in [2.75, 3.05) is 20.8 Å². The average Bonchev–Trinajstić information content (AvgIpc) is 2.37. The van der Waals surface area contributed by atoms with Crippen LogP contribution in [0.3, 0.4) is 0 Å². The van der Waals surface area contributed by atoms with Crippen LogP contribution in [0.15, 0.2) is 0 Å². The number of carbonyl (C=O) groups excluding carboxylic acids is 1. The highest BCUT2D eigenvalue weighted by atomic mass is 16.5. The Hall–Kier alpha value is -1.30. The number of hydrogen-bond donors (Lipinski definition) is 2. The first-order valence-electron chi connectivity index (χ1n) is 7.04. The minimum Gasteiger partial charge on any atom is -0.481 e. The maximum Gasteiger partial charge on any atom is 0.317 e. The molecule has 0 saturated carbocycles. The lowest BCUT2D eigenvalue weighted by molar-refractivity contribution is -0.141. The second-order valence-corrected chi connectivity index (χ2v) is 5.44. The number of amides is 2. The lowest BCUT2D eigenvalue weighted by atomic mass is 10.0. The van der Waals surface area contributed by atoms with Crippen molar-refractivity contribution in [3.63, 3.8) is 0 Å². The summed E-state index contributed by atoms with van der Waals surface area (Å²) in [5, 5.41) is 11.7. The van der Waals surface area contributed by atoms with Crippen LogP contribution in [0.1, 0.15) is 40.0 Å². The molecule has 0 fully saturated rings. The molecule has 0 aliphatic rings. The van der Waals surface area contributed by atoms with Crippen LogP contribution in [0.5, 0.6) is 0 Å². The molecule has 0 radical (unpaired) electrons. The molecule has 0 aromatic carbocycles. The van der Waals surface area contributed by atoms with E-state index in [1.54, 1.807) is 26.0 Å². The van der Waals surface area contributed by atoms with E-state index in [1.165, 1.54) is 0 Å². The Kier molecular flexibility index (Phi) is 8.96. The fourth-order valence-electron chi connectivity index (χ4n) is 1.79. The van der Waals surface area contributed by atoms with Crippen LogP contribution in [-0.2, 0) is 9.53 Å². The van der Waals surface area contributed by atoms with Gasteiger partial charge in [0.05, 0.1) is 18.6 Å². The molecule has 0 saturated heterocycles. The molecule has 20 heavy (non-hydrogen) atoms. The molecule has 2 N–H and O–H groups in total. The zero-order valence-corrected chi connectivity index (χ0v) is 13.2. The monoisotopic (exact) mass is 288 g/mol. The van der Waals surface area contributed by atoms with Crippen LogP contribution in [0.2, 0.25) is 0 Å². The summed E-state index contributed by atoms with van der Waals surface area (Å²) in [6, 6.07) is -0.0896.